The molecular weight excluding hydrogens is 353 g/mol. The van der Waals surface area contributed by atoms with Crippen LogP contribution in [0, 0.1) is 0 Å². The number of hydrogen-bond donors (Lipinski definition) is 2. The second-order valence-corrected chi connectivity index (χ2v) is 6.05. The zero-order chi connectivity index (χ0) is 18.6. The van der Waals surface area contributed by atoms with E-state index in [1.54, 1.807) is 30.3 Å². The molecule has 1 aromatic heterocycles. The number of hydrogen-bond acceptors (Lipinski definition) is 5. The van der Waals surface area contributed by atoms with Gasteiger partial charge in [-0.1, -0.05) is 0 Å². The minimum absolute atomic E-state index is 0.151. The summed E-state index contributed by atoms with van der Waals surface area (Å²) in [5.41, 5.74) is 1.21. The van der Waals surface area contributed by atoms with E-state index in [4.69, 9.17) is 14.2 Å². The number of nitrogens with one attached hydrogen (secondary N) is 2. The van der Waals surface area contributed by atoms with Crippen LogP contribution in [-0.4, -0.2) is 36.2 Å². The van der Waals surface area contributed by atoms with Crippen molar-refractivity contribution in [3.63, 3.8) is 0 Å². The molecule has 0 unspecified atom stereocenters. The fourth-order valence-electron chi connectivity index (χ4n) is 2.78. The Kier molecular flexibility index (Phi) is 4.78. The van der Waals surface area contributed by atoms with Crippen molar-refractivity contribution < 1.29 is 23.4 Å². The van der Waals surface area contributed by atoms with Crippen LogP contribution in [0.3, 0.4) is 0 Å². The summed E-state index contributed by atoms with van der Waals surface area (Å²) < 4.78 is 28.3. The maximum Gasteiger partial charge on any atom is 0.257 e. The molecule has 2 N–H and O–H groups in total. The number of carbonyl (C=O) groups excluding carboxylic acids is 1. The van der Waals surface area contributed by atoms with Crippen LogP contribution in [0.25, 0.3) is 10.9 Å². The van der Waals surface area contributed by atoms with Gasteiger partial charge in [0.25, 0.3) is 5.91 Å². The molecule has 1 aliphatic heterocycles. The first-order valence-corrected chi connectivity index (χ1v) is 8.62. The number of rotatable bonds is 7. The summed E-state index contributed by atoms with van der Waals surface area (Å²) in [6.07, 6.45) is 1.12. The molecule has 0 saturated carbocycles. The minimum atomic E-state index is -0.347. The molecule has 0 spiro atoms. The van der Waals surface area contributed by atoms with E-state index in [0.29, 0.717) is 48.1 Å². The lowest BCUT2D eigenvalue weighted by Gasteiger charge is -2.06. The lowest BCUT2D eigenvalue weighted by atomic mass is 10.2. The molecule has 2 heterocycles. The van der Waals surface area contributed by atoms with E-state index in [-0.39, 0.29) is 19.4 Å². The van der Waals surface area contributed by atoms with E-state index in [2.05, 4.69) is 15.5 Å². The third-order valence-corrected chi connectivity index (χ3v) is 4.20. The largest absolute Gasteiger partial charge is 0.494 e. The first-order chi connectivity index (χ1) is 13.2. The third-order valence-electron chi connectivity index (χ3n) is 4.20. The van der Waals surface area contributed by atoms with Gasteiger partial charge in [-0.3, -0.25) is 14.3 Å². The van der Waals surface area contributed by atoms with Crippen molar-refractivity contribution in [1.29, 1.82) is 0 Å². The summed E-state index contributed by atoms with van der Waals surface area (Å²) in [7, 11) is 0. The van der Waals surface area contributed by atoms with E-state index in [9.17, 15) is 9.18 Å². The Labute approximate surface area is 154 Å². The zero-order valence-electron chi connectivity index (χ0n) is 14.5. The molecule has 3 aromatic rings. The Morgan fingerprint density at radius 1 is 1.19 bits per heavy atom. The maximum absolute atomic E-state index is 12.6. The molecule has 4 rings (SSSR count). The molecular formula is C19H18FN3O4. The lowest BCUT2D eigenvalue weighted by Crippen LogP contribution is -2.12. The highest BCUT2D eigenvalue weighted by molar-refractivity contribution is 6.08. The van der Waals surface area contributed by atoms with E-state index < -0.39 is 0 Å². The third kappa shape index (κ3) is 3.64. The number of alkyl halides is 1. The molecule has 0 atom stereocenters. The van der Waals surface area contributed by atoms with Gasteiger partial charge in [0.05, 0.1) is 18.8 Å². The number of aromatic nitrogens is 2. The summed E-state index contributed by atoms with van der Waals surface area (Å²) in [5.74, 6) is 1.89. The average Bonchev–Trinajstić information content (AvgIpc) is 3.31. The Bertz CT molecular complexity index is 973. The van der Waals surface area contributed by atoms with Gasteiger partial charge in [-0.05, 0) is 49.2 Å². The molecule has 2 aromatic carbocycles. The van der Waals surface area contributed by atoms with Crippen LogP contribution >= 0.6 is 0 Å². The maximum atomic E-state index is 12.6. The van der Waals surface area contributed by atoms with Gasteiger partial charge in [-0.2, -0.15) is 5.10 Å². The van der Waals surface area contributed by atoms with Crippen LogP contribution in [0.1, 0.15) is 23.2 Å². The number of ether oxygens (including phenoxy) is 3. The Balaban J connectivity index is 1.50. The second kappa shape index (κ2) is 7.53. The van der Waals surface area contributed by atoms with Crippen LogP contribution in [0.2, 0.25) is 0 Å². The summed E-state index contributed by atoms with van der Waals surface area (Å²) in [6, 6.07) is 10.4. The fraction of sp³-hybridized carbons (Fsp3) is 0.263. The smallest absolute Gasteiger partial charge is 0.257 e. The first kappa shape index (κ1) is 17.1. The van der Waals surface area contributed by atoms with Crippen molar-refractivity contribution in [2.24, 2.45) is 0 Å². The van der Waals surface area contributed by atoms with Crippen LogP contribution < -0.4 is 19.5 Å². The molecule has 27 heavy (non-hydrogen) atoms. The SMILES string of the molecule is O=C(Nc1n[nH]c2ccc(OCCCCF)cc12)c1ccc2c(c1)OCO2. The van der Waals surface area contributed by atoms with Gasteiger partial charge in [0.15, 0.2) is 17.3 Å². The summed E-state index contributed by atoms with van der Waals surface area (Å²) in [6.45, 7) is 0.241. The topological polar surface area (TPSA) is 85.5 Å². The number of fused-ring (bicyclic) bond motifs is 2. The summed E-state index contributed by atoms with van der Waals surface area (Å²) in [4.78, 5) is 12.6. The number of aromatic amines is 1. The van der Waals surface area contributed by atoms with Gasteiger partial charge in [-0.15, -0.1) is 0 Å². The highest BCUT2D eigenvalue weighted by atomic mass is 19.1. The molecule has 7 nitrogen and oxygen atoms in total. The zero-order valence-corrected chi connectivity index (χ0v) is 14.5. The standard InChI is InChI=1S/C19H18FN3O4/c20-7-1-2-8-25-13-4-5-15-14(10-13)18(23-22-15)21-19(24)12-3-6-16-17(9-12)27-11-26-16/h3-6,9-10H,1-2,7-8,11H2,(H2,21,22,23,24). The monoisotopic (exact) mass is 371 g/mol. The Morgan fingerprint density at radius 2 is 2.07 bits per heavy atom. The van der Waals surface area contributed by atoms with E-state index >= 15 is 0 Å². The molecule has 0 saturated heterocycles. The van der Waals surface area contributed by atoms with Crippen molar-refractivity contribution in [2.45, 2.75) is 12.8 Å². The van der Waals surface area contributed by atoms with Crippen LogP contribution in [0.4, 0.5) is 10.2 Å². The van der Waals surface area contributed by atoms with Gasteiger partial charge in [0.1, 0.15) is 5.75 Å². The molecule has 8 heteroatoms. The number of unbranched alkanes of at least 4 members (excludes halogenated alkanes) is 1. The van der Waals surface area contributed by atoms with Crippen LogP contribution in [0.5, 0.6) is 17.2 Å². The normalized spacial score (nSPS) is 12.3. The number of amides is 1. The van der Waals surface area contributed by atoms with Crippen molar-refractivity contribution in [3.8, 4) is 17.2 Å². The van der Waals surface area contributed by atoms with Crippen molar-refractivity contribution in [2.75, 3.05) is 25.4 Å². The molecule has 140 valence electrons. The Morgan fingerprint density at radius 3 is 2.96 bits per heavy atom. The first-order valence-electron chi connectivity index (χ1n) is 8.62. The van der Waals surface area contributed by atoms with Gasteiger partial charge < -0.3 is 19.5 Å². The lowest BCUT2D eigenvalue weighted by molar-refractivity contribution is 0.102. The van der Waals surface area contributed by atoms with Crippen molar-refractivity contribution >= 4 is 22.6 Å². The van der Waals surface area contributed by atoms with Crippen molar-refractivity contribution in [3.05, 3.63) is 42.0 Å². The number of anilines is 1. The molecule has 0 bridgehead atoms. The van der Waals surface area contributed by atoms with Gasteiger partial charge in [0, 0.05) is 10.9 Å². The molecule has 1 amide bonds. The average molecular weight is 371 g/mol. The second-order valence-electron chi connectivity index (χ2n) is 6.05. The quantitative estimate of drug-likeness (QED) is 0.619. The summed E-state index contributed by atoms with van der Waals surface area (Å²) in [5, 5.41) is 10.6. The number of benzene rings is 2. The summed E-state index contributed by atoms with van der Waals surface area (Å²) >= 11 is 0. The van der Waals surface area contributed by atoms with Gasteiger partial charge in [0.2, 0.25) is 6.79 Å². The number of halogens is 1. The molecule has 0 aliphatic carbocycles. The van der Waals surface area contributed by atoms with Gasteiger partial charge >= 0.3 is 0 Å². The highest BCUT2D eigenvalue weighted by Gasteiger charge is 2.17. The molecule has 0 fully saturated rings. The van der Waals surface area contributed by atoms with E-state index in [1.807, 2.05) is 6.07 Å². The Hall–Kier alpha value is -3.29. The van der Waals surface area contributed by atoms with Crippen LogP contribution in [-0.2, 0) is 0 Å². The molecule has 0 radical (unpaired) electrons. The molecule has 1 aliphatic rings. The number of nitrogens with zero attached hydrogens (tertiary/aromatic N) is 1. The van der Waals surface area contributed by atoms with E-state index in [1.165, 1.54) is 0 Å². The van der Waals surface area contributed by atoms with Crippen LogP contribution in [0.15, 0.2) is 36.4 Å². The van der Waals surface area contributed by atoms with E-state index in [0.717, 1.165) is 10.9 Å². The number of H-pyrrole nitrogens is 1. The predicted molar refractivity (Wildman–Crippen MR) is 97.3 cm³/mol. The fourth-order valence-corrected chi connectivity index (χ4v) is 2.78. The highest BCUT2D eigenvalue weighted by Crippen LogP contribution is 2.33. The van der Waals surface area contributed by atoms with Gasteiger partial charge in [-0.25, -0.2) is 0 Å². The number of carbonyl (C=O) groups is 1. The predicted octanol–water partition coefficient (Wildman–Crippen LogP) is 3.67. The van der Waals surface area contributed by atoms with Crippen molar-refractivity contribution in [1.82, 2.24) is 10.2 Å². The minimum Gasteiger partial charge on any atom is -0.494 e.